The summed E-state index contributed by atoms with van der Waals surface area (Å²) in [5.74, 6) is 1.28. The zero-order valence-corrected chi connectivity index (χ0v) is 10.9. The van der Waals surface area contributed by atoms with Crippen molar-refractivity contribution in [1.82, 2.24) is 9.97 Å². The first kappa shape index (κ1) is 12.0. The molecule has 1 heterocycles. The van der Waals surface area contributed by atoms with Crippen molar-refractivity contribution in [3.8, 4) is 0 Å². The third-order valence-corrected chi connectivity index (χ3v) is 3.63. The number of benzene rings is 1. The van der Waals surface area contributed by atoms with Gasteiger partial charge in [-0.1, -0.05) is 13.3 Å². The van der Waals surface area contributed by atoms with Crippen molar-refractivity contribution in [2.75, 3.05) is 11.1 Å². The third kappa shape index (κ3) is 2.41. The fourth-order valence-electron chi connectivity index (χ4n) is 2.51. The molecule has 0 amide bonds. The molecule has 2 atom stereocenters. The van der Waals surface area contributed by atoms with Crippen LogP contribution >= 0.6 is 0 Å². The topological polar surface area (TPSA) is 83.8 Å². The van der Waals surface area contributed by atoms with Crippen LogP contribution in [0.15, 0.2) is 23.0 Å². The maximum absolute atomic E-state index is 12.0. The number of aromatic nitrogens is 2. The van der Waals surface area contributed by atoms with Crippen LogP contribution in [-0.4, -0.2) is 16.0 Å². The Morgan fingerprint density at radius 2 is 2.37 bits per heavy atom. The highest BCUT2D eigenvalue weighted by Crippen LogP contribution is 2.36. The number of hydrogen-bond acceptors (Lipinski definition) is 4. The van der Waals surface area contributed by atoms with E-state index in [4.69, 9.17) is 5.73 Å². The van der Waals surface area contributed by atoms with Gasteiger partial charge in [-0.2, -0.15) is 0 Å². The van der Waals surface area contributed by atoms with Crippen molar-refractivity contribution in [1.29, 1.82) is 0 Å². The van der Waals surface area contributed by atoms with E-state index in [9.17, 15) is 4.79 Å². The molecule has 1 fully saturated rings. The van der Waals surface area contributed by atoms with E-state index in [2.05, 4.69) is 22.2 Å². The molecule has 2 aromatic rings. The molecule has 1 aromatic carbocycles. The van der Waals surface area contributed by atoms with Crippen LogP contribution in [0.5, 0.6) is 0 Å². The van der Waals surface area contributed by atoms with Crippen molar-refractivity contribution in [2.24, 2.45) is 5.92 Å². The van der Waals surface area contributed by atoms with Crippen molar-refractivity contribution in [3.05, 3.63) is 28.6 Å². The maximum Gasteiger partial charge on any atom is 0.260 e. The van der Waals surface area contributed by atoms with Gasteiger partial charge in [0.05, 0.1) is 10.9 Å². The molecule has 100 valence electrons. The number of H-pyrrole nitrogens is 1. The number of aromatic amines is 1. The van der Waals surface area contributed by atoms with Crippen LogP contribution in [0.1, 0.15) is 26.2 Å². The van der Waals surface area contributed by atoms with Crippen LogP contribution in [0.4, 0.5) is 11.6 Å². The van der Waals surface area contributed by atoms with Gasteiger partial charge in [0.2, 0.25) is 5.95 Å². The highest BCUT2D eigenvalue weighted by molar-refractivity contribution is 5.81. The predicted octanol–water partition coefficient (Wildman–Crippen LogP) is 2.11. The molecular weight excluding hydrogens is 240 g/mol. The molecule has 1 aliphatic carbocycles. The lowest BCUT2D eigenvalue weighted by molar-refractivity contribution is 0.691. The molecule has 5 heteroatoms. The van der Waals surface area contributed by atoms with E-state index in [0.29, 0.717) is 28.6 Å². The average Bonchev–Trinajstić information content (AvgIpc) is 3.09. The van der Waals surface area contributed by atoms with Crippen LogP contribution in [0.3, 0.4) is 0 Å². The first-order valence-electron chi connectivity index (χ1n) is 6.73. The first-order valence-corrected chi connectivity index (χ1v) is 6.73. The second kappa shape index (κ2) is 4.57. The fourth-order valence-corrected chi connectivity index (χ4v) is 2.51. The zero-order chi connectivity index (χ0) is 13.4. The minimum Gasteiger partial charge on any atom is -0.399 e. The Labute approximate surface area is 111 Å². The Hall–Kier alpha value is -2.04. The molecule has 0 spiro atoms. The van der Waals surface area contributed by atoms with Gasteiger partial charge in [0.25, 0.3) is 5.56 Å². The van der Waals surface area contributed by atoms with Gasteiger partial charge < -0.3 is 11.1 Å². The summed E-state index contributed by atoms with van der Waals surface area (Å²) in [4.78, 5) is 19.2. The van der Waals surface area contributed by atoms with Crippen molar-refractivity contribution in [3.63, 3.8) is 0 Å². The first-order chi connectivity index (χ1) is 9.17. The Morgan fingerprint density at radius 3 is 3.16 bits per heavy atom. The highest BCUT2D eigenvalue weighted by atomic mass is 16.1. The van der Waals surface area contributed by atoms with E-state index in [1.807, 2.05) is 0 Å². The third-order valence-electron chi connectivity index (χ3n) is 3.63. The summed E-state index contributed by atoms with van der Waals surface area (Å²) in [5, 5.41) is 3.83. The predicted molar refractivity (Wildman–Crippen MR) is 77.2 cm³/mol. The Kier molecular flexibility index (Phi) is 2.89. The van der Waals surface area contributed by atoms with Gasteiger partial charge in [-0.15, -0.1) is 0 Å². The lowest BCUT2D eigenvalue weighted by atomic mass is 10.2. The fraction of sp³-hybridized carbons (Fsp3) is 0.429. The number of hydrogen-bond donors (Lipinski definition) is 3. The van der Waals surface area contributed by atoms with E-state index in [1.54, 1.807) is 18.2 Å². The second-order valence-electron chi connectivity index (χ2n) is 5.23. The Morgan fingerprint density at radius 1 is 1.53 bits per heavy atom. The molecular formula is C14H18N4O. The Balaban J connectivity index is 1.86. The SMILES string of the molecule is CCCC1CC1Nc1nc2ccc(N)cc2c(=O)[nH]1. The number of anilines is 2. The summed E-state index contributed by atoms with van der Waals surface area (Å²) in [7, 11) is 0. The van der Waals surface area contributed by atoms with Crippen molar-refractivity contribution in [2.45, 2.75) is 32.2 Å². The standard InChI is InChI=1S/C14H18N4O/c1-2-3-8-6-12(8)17-14-16-11-5-4-9(15)7-10(11)13(19)18-14/h4-5,7-8,12H,2-3,6,15H2,1H3,(H2,16,17,18,19). The molecule has 3 rings (SSSR count). The van der Waals surface area contributed by atoms with E-state index in [0.717, 1.165) is 12.3 Å². The molecule has 0 saturated heterocycles. The maximum atomic E-state index is 12.0. The molecule has 0 bridgehead atoms. The molecule has 2 unspecified atom stereocenters. The smallest absolute Gasteiger partial charge is 0.260 e. The quantitative estimate of drug-likeness (QED) is 0.733. The number of nitrogen functional groups attached to an aromatic ring is 1. The van der Waals surface area contributed by atoms with Gasteiger partial charge in [-0.25, -0.2) is 4.98 Å². The van der Waals surface area contributed by atoms with Crippen LogP contribution in [0.2, 0.25) is 0 Å². The monoisotopic (exact) mass is 258 g/mol. The molecule has 4 N–H and O–H groups in total. The average molecular weight is 258 g/mol. The van der Waals surface area contributed by atoms with Crippen LogP contribution in [-0.2, 0) is 0 Å². The van der Waals surface area contributed by atoms with Gasteiger partial charge in [0.1, 0.15) is 0 Å². The van der Waals surface area contributed by atoms with Crippen LogP contribution in [0.25, 0.3) is 10.9 Å². The van der Waals surface area contributed by atoms with E-state index in [1.165, 1.54) is 12.8 Å². The number of nitrogens with one attached hydrogen (secondary N) is 2. The number of nitrogens with zero attached hydrogens (tertiary/aromatic N) is 1. The minimum absolute atomic E-state index is 0.146. The van der Waals surface area contributed by atoms with Crippen molar-refractivity contribution < 1.29 is 0 Å². The van der Waals surface area contributed by atoms with Gasteiger partial charge in [-0.05, 0) is 37.0 Å². The molecule has 1 aliphatic rings. The molecule has 0 radical (unpaired) electrons. The summed E-state index contributed by atoms with van der Waals surface area (Å²) in [5.41, 5.74) is 6.78. The number of fused-ring (bicyclic) bond motifs is 1. The van der Waals surface area contributed by atoms with Gasteiger partial charge in [0, 0.05) is 11.7 Å². The number of rotatable bonds is 4. The summed E-state index contributed by atoms with van der Waals surface area (Å²) in [6.45, 7) is 2.19. The summed E-state index contributed by atoms with van der Waals surface area (Å²) in [6.07, 6.45) is 3.59. The summed E-state index contributed by atoms with van der Waals surface area (Å²) >= 11 is 0. The van der Waals surface area contributed by atoms with Gasteiger partial charge in [-0.3, -0.25) is 9.78 Å². The zero-order valence-electron chi connectivity index (χ0n) is 10.9. The van der Waals surface area contributed by atoms with Crippen molar-refractivity contribution >= 4 is 22.5 Å². The second-order valence-corrected chi connectivity index (χ2v) is 5.23. The van der Waals surface area contributed by atoms with Gasteiger partial charge >= 0.3 is 0 Å². The van der Waals surface area contributed by atoms with Crippen LogP contribution < -0.4 is 16.6 Å². The van der Waals surface area contributed by atoms with E-state index in [-0.39, 0.29) is 5.56 Å². The van der Waals surface area contributed by atoms with Gasteiger partial charge in [0.15, 0.2) is 0 Å². The largest absolute Gasteiger partial charge is 0.399 e. The highest BCUT2D eigenvalue weighted by Gasteiger charge is 2.36. The molecule has 19 heavy (non-hydrogen) atoms. The molecule has 5 nitrogen and oxygen atoms in total. The lowest BCUT2D eigenvalue weighted by Gasteiger charge is -2.06. The van der Waals surface area contributed by atoms with Crippen LogP contribution in [0, 0.1) is 5.92 Å². The summed E-state index contributed by atoms with van der Waals surface area (Å²) < 4.78 is 0. The Bertz CT molecular complexity index is 664. The van der Waals surface area contributed by atoms with E-state index >= 15 is 0 Å². The lowest BCUT2D eigenvalue weighted by Crippen LogP contribution is -2.15. The summed E-state index contributed by atoms with van der Waals surface area (Å²) in [6, 6.07) is 5.65. The molecule has 1 aromatic heterocycles. The minimum atomic E-state index is -0.146. The number of nitrogens with two attached hydrogens (primary N) is 1. The van der Waals surface area contributed by atoms with E-state index < -0.39 is 0 Å². The normalized spacial score (nSPS) is 21.5. The molecule has 1 saturated carbocycles. The molecule has 0 aliphatic heterocycles.